The first kappa shape index (κ1) is 15.8. The maximum atomic E-state index is 9.47. The van der Waals surface area contributed by atoms with Gasteiger partial charge < -0.3 is 20.1 Å². The zero-order valence-electron chi connectivity index (χ0n) is 12.7. The van der Waals surface area contributed by atoms with Crippen LogP contribution in [0.1, 0.15) is 25.0 Å². The largest absolute Gasteiger partial charge is 0.394 e. The van der Waals surface area contributed by atoms with Crippen molar-refractivity contribution in [2.45, 2.75) is 32.5 Å². The lowest BCUT2D eigenvalue weighted by atomic mass is 10.1. The van der Waals surface area contributed by atoms with Crippen LogP contribution in [-0.4, -0.2) is 43.6 Å². The summed E-state index contributed by atoms with van der Waals surface area (Å²) in [5.41, 5.74) is 2.63. The second kappa shape index (κ2) is 7.41. The quantitative estimate of drug-likeness (QED) is 0.854. The molecule has 1 aromatic carbocycles. The fourth-order valence-electron chi connectivity index (χ4n) is 2.48. The van der Waals surface area contributed by atoms with E-state index in [0.717, 1.165) is 17.8 Å². The molecule has 2 N–H and O–H groups in total. The molecule has 0 spiro atoms. The molecular formula is C16H23N3O2. The van der Waals surface area contributed by atoms with Crippen molar-refractivity contribution in [3.05, 3.63) is 29.3 Å². The van der Waals surface area contributed by atoms with Crippen LogP contribution in [-0.2, 0) is 11.3 Å². The Bertz CT molecular complexity index is 511. The fourth-order valence-corrected chi connectivity index (χ4v) is 2.48. The number of hydrogen-bond donors (Lipinski definition) is 2. The number of aliphatic hydroxyl groups is 1. The van der Waals surface area contributed by atoms with Crippen LogP contribution < -0.4 is 10.2 Å². The van der Waals surface area contributed by atoms with Crippen LogP contribution >= 0.6 is 0 Å². The lowest BCUT2D eigenvalue weighted by molar-refractivity contribution is 0.0727. The predicted molar refractivity (Wildman–Crippen MR) is 82.2 cm³/mol. The molecule has 1 aliphatic rings. The summed E-state index contributed by atoms with van der Waals surface area (Å²) in [7, 11) is 0. The maximum absolute atomic E-state index is 9.47. The number of rotatable bonds is 5. The van der Waals surface area contributed by atoms with Gasteiger partial charge in [0.15, 0.2) is 0 Å². The Hall–Kier alpha value is -1.61. The van der Waals surface area contributed by atoms with Gasteiger partial charge in [-0.1, -0.05) is 19.9 Å². The van der Waals surface area contributed by atoms with Gasteiger partial charge in [-0.15, -0.1) is 0 Å². The first-order valence-electron chi connectivity index (χ1n) is 7.37. The molecule has 5 heteroatoms. The van der Waals surface area contributed by atoms with Crippen molar-refractivity contribution < 1.29 is 9.84 Å². The van der Waals surface area contributed by atoms with Crippen molar-refractivity contribution in [1.82, 2.24) is 5.32 Å². The molecule has 0 amide bonds. The monoisotopic (exact) mass is 289 g/mol. The van der Waals surface area contributed by atoms with Gasteiger partial charge in [0.2, 0.25) is 0 Å². The van der Waals surface area contributed by atoms with Gasteiger partial charge in [-0.2, -0.15) is 5.26 Å². The van der Waals surface area contributed by atoms with Gasteiger partial charge in [0.25, 0.3) is 0 Å². The van der Waals surface area contributed by atoms with Gasteiger partial charge >= 0.3 is 0 Å². The van der Waals surface area contributed by atoms with Crippen molar-refractivity contribution in [1.29, 1.82) is 5.26 Å². The minimum absolute atomic E-state index is 0.0293. The van der Waals surface area contributed by atoms with E-state index in [-0.39, 0.29) is 12.6 Å². The van der Waals surface area contributed by atoms with E-state index in [1.165, 1.54) is 0 Å². The number of nitriles is 1. The van der Waals surface area contributed by atoms with E-state index in [1.54, 1.807) is 0 Å². The summed E-state index contributed by atoms with van der Waals surface area (Å²) < 4.78 is 5.39. The number of aliphatic hydroxyl groups excluding tert-OH is 1. The van der Waals surface area contributed by atoms with Crippen LogP contribution in [0.15, 0.2) is 18.2 Å². The van der Waals surface area contributed by atoms with E-state index in [1.807, 2.05) is 18.2 Å². The van der Waals surface area contributed by atoms with Crippen molar-refractivity contribution in [3.63, 3.8) is 0 Å². The standard InChI is InChI=1S/C16H23N3O2/c1-12(2)18-9-13-3-4-16(14(7-13)8-17)19-5-6-21-11-15(19)10-20/h3-4,7,12,15,18,20H,5-6,9-11H2,1-2H3. The third-order valence-electron chi connectivity index (χ3n) is 3.64. The van der Waals surface area contributed by atoms with Crippen LogP contribution in [0.3, 0.4) is 0 Å². The lowest BCUT2D eigenvalue weighted by Gasteiger charge is -2.36. The Labute approximate surface area is 126 Å². The second-order valence-corrected chi connectivity index (χ2v) is 5.60. The van der Waals surface area contributed by atoms with E-state index < -0.39 is 0 Å². The zero-order valence-corrected chi connectivity index (χ0v) is 12.7. The number of nitrogens with zero attached hydrogens (tertiary/aromatic N) is 2. The summed E-state index contributed by atoms with van der Waals surface area (Å²) in [5.74, 6) is 0. The van der Waals surface area contributed by atoms with Crippen molar-refractivity contribution in [3.8, 4) is 6.07 Å². The summed E-state index contributed by atoms with van der Waals surface area (Å²) in [6, 6.07) is 8.54. The highest BCUT2D eigenvalue weighted by Gasteiger charge is 2.24. The predicted octanol–water partition coefficient (Wildman–Crippen LogP) is 1.25. The molecule has 5 nitrogen and oxygen atoms in total. The lowest BCUT2D eigenvalue weighted by Crippen LogP contribution is -2.48. The van der Waals surface area contributed by atoms with Crippen molar-refractivity contribution >= 4 is 5.69 Å². The number of hydrogen-bond acceptors (Lipinski definition) is 5. The molecule has 2 rings (SSSR count). The molecule has 0 radical (unpaired) electrons. The highest BCUT2D eigenvalue weighted by Crippen LogP contribution is 2.25. The molecule has 1 aromatic rings. The Morgan fingerprint density at radius 1 is 1.52 bits per heavy atom. The Morgan fingerprint density at radius 3 is 3.00 bits per heavy atom. The zero-order chi connectivity index (χ0) is 15.2. The van der Waals surface area contributed by atoms with Gasteiger partial charge in [-0.05, 0) is 17.7 Å². The van der Waals surface area contributed by atoms with Gasteiger partial charge in [-0.3, -0.25) is 0 Å². The van der Waals surface area contributed by atoms with E-state index in [0.29, 0.717) is 31.4 Å². The Kier molecular flexibility index (Phi) is 5.57. The molecular weight excluding hydrogens is 266 g/mol. The normalized spacial score (nSPS) is 18.8. The molecule has 1 atom stereocenters. The molecule has 0 saturated carbocycles. The average molecular weight is 289 g/mol. The van der Waals surface area contributed by atoms with E-state index in [9.17, 15) is 10.4 Å². The van der Waals surface area contributed by atoms with Gasteiger partial charge in [-0.25, -0.2) is 0 Å². The molecule has 114 valence electrons. The molecule has 0 aromatic heterocycles. The molecule has 1 unspecified atom stereocenters. The molecule has 0 aliphatic carbocycles. The third kappa shape index (κ3) is 3.94. The highest BCUT2D eigenvalue weighted by atomic mass is 16.5. The van der Waals surface area contributed by atoms with E-state index >= 15 is 0 Å². The second-order valence-electron chi connectivity index (χ2n) is 5.60. The number of benzene rings is 1. The molecule has 1 saturated heterocycles. The van der Waals surface area contributed by atoms with Gasteiger partial charge in [0.1, 0.15) is 6.07 Å². The van der Waals surface area contributed by atoms with Crippen LogP contribution in [0.5, 0.6) is 0 Å². The third-order valence-corrected chi connectivity index (χ3v) is 3.64. The SMILES string of the molecule is CC(C)NCc1ccc(N2CCOCC2CO)c(C#N)c1. The average Bonchev–Trinajstić information content (AvgIpc) is 2.52. The first-order chi connectivity index (χ1) is 10.2. The summed E-state index contributed by atoms with van der Waals surface area (Å²) in [5, 5.41) is 22.2. The van der Waals surface area contributed by atoms with Crippen LogP contribution in [0, 0.1) is 11.3 Å². The minimum atomic E-state index is -0.0783. The fraction of sp³-hybridized carbons (Fsp3) is 0.562. The van der Waals surface area contributed by atoms with Gasteiger partial charge in [0, 0.05) is 19.1 Å². The van der Waals surface area contributed by atoms with Crippen LogP contribution in [0.4, 0.5) is 5.69 Å². The molecule has 1 heterocycles. The molecule has 1 aliphatic heterocycles. The number of nitrogens with one attached hydrogen (secondary N) is 1. The molecule has 1 fully saturated rings. The summed E-state index contributed by atoms with van der Waals surface area (Å²) in [6.07, 6.45) is 0. The maximum Gasteiger partial charge on any atom is 0.101 e. The molecule has 0 bridgehead atoms. The number of morpholine rings is 1. The minimum Gasteiger partial charge on any atom is -0.394 e. The van der Waals surface area contributed by atoms with Gasteiger partial charge in [0.05, 0.1) is 37.1 Å². The number of ether oxygens (including phenoxy) is 1. The Morgan fingerprint density at radius 2 is 2.33 bits per heavy atom. The smallest absolute Gasteiger partial charge is 0.101 e. The van der Waals surface area contributed by atoms with Crippen molar-refractivity contribution in [2.75, 3.05) is 31.3 Å². The van der Waals surface area contributed by atoms with E-state index in [4.69, 9.17) is 4.74 Å². The summed E-state index contributed by atoms with van der Waals surface area (Å²) in [4.78, 5) is 2.07. The van der Waals surface area contributed by atoms with Crippen LogP contribution in [0.25, 0.3) is 0 Å². The highest BCUT2D eigenvalue weighted by molar-refractivity contribution is 5.61. The number of anilines is 1. The topological polar surface area (TPSA) is 68.5 Å². The van der Waals surface area contributed by atoms with E-state index in [2.05, 4.69) is 30.1 Å². The Balaban J connectivity index is 2.21. The summed E-state index contributed by atoms with van der Waals surface area (Å²) >= 11 is 0. The first-order valence-corrected chi connectivity index (χ1v) is 7.37. The van der Waals surface area contributed by atoms with Crippen molar-refractivity contribution in [2.24, 2.45) is 0 Å². The van der Waals surface area contributed by atoms with Crippen LogP contribution in [0.2, 0.25) is 0 Å². The molecule has 21 heavy (non-hydrogen) atoms. The summed E-state index contributed by atoms with van der Waals surface area (Å²) in [6.45, 7) is 6.79.